The van der Waals surface area contributed by atoms with E-state index in [-0.39, 0.29) is 12.5 Å². The van der Waals surface area contributed by atoms with Crippen LogP contribution in [0.5, 0.6) is 0 Å². The highest BCUT2D eigenvalue weighted by atomic mass is 16.5. The van der Waals surface area contributed by atoms with Gasteiger partial charge in [-0.3, -0.25) is 9.69 Å². The van der Waals surface area contributed by atoms with Crippen molar-refractivity contribution in [3.8, 4) is 0 Å². The van der Waals surface area contributed by atoms with Gasteiger partial charge < -0.3 is 14.9 Å². The smallest absolute Gasteiger partial charge is 0.323 e. The molecule has 1 aromatic rings. The van der Waals surface area contributed by atoms with Crippen molar-refractivity contribution in [2.75, 3.05) is 20.2 Å². The van der Waals surface area contributed by atoms with Gasteiger partial charge in [-0.1, -0.05) is 30.3 Å². The molecule has 3 unspecified atom stereocenters. The molecule has 2 rings (SSSR count). The maximum Gasteiger partial charge on any atom is 0.323 e. The highest BCUT2D eigenvalue weighted by molar-refractivity contribution is 5.76. The van der Waals surface area contributed by atoms with Crippen molar-refractivity contribution in [2.45, 2.75) is 31.1 Å². The van der Waals surface area contributed by atoms with Crippen LogP contribution in [0.15, 0.2) is 30.3 Å². The van der Waals surface area contributed by atoms with Gasteiger partial charge in [0.15, 0.2) is 0 Å². The summed E-state index contributed by atoms with van der Waals surface area (Å²) >= 11 is 0. The SMILES string of the molecule is COC(=O)C1CC(O)CN1CC(C)(O)c1ccccc1. The van der Waals surface area contributed by atoms with E-state index >= 15 is 0 Å². The third-order valence-corrected chi connectivity index (χ3v) is 3.76. The van der Waals surface area contributed by atoms with Crippen LogP contribution in [0.25, 0.3) is 0 Å². The number of β-amino-alcohol motifs (C(OH)–C–C–N with tert-alkyl or cyclic N) is 2. The van der Waals surface area contributed by atoms with Gasteiger partial charge in [0.1, 0.15) is 6.04 Å². The number of hydrogen-bond donors (Lipinski definition) is 2. The van der Waals surface area contributed by atoms with Gasteiger partial charge in [-0.25, -0.2) is 0 Å². The molecule has 0 bridgehead atoms. The molecule has 1 aromatic carbocycles. The lowest BCUT2D eigenvalue weighted by Crippen LogP contribution is -2.45. The van der Waals surface area contributed by atoms with Crippen molar-refractivity contribution in [1.29, 1.82) is 0 Å². The first-order valence-corrected chi connectivity index (χ1v) is 6.72. The van der Waals surface area contributed by atoms with E-state index in [0.29, 0.717) is 13.0 Å². The standard InChI is InChI=1S/C15H21NO4/c1-15(19,11-6-4-3-5-7-11)10-16-9-12(17)8-13(16)14(18)20-2/h3-7,12-13,17,19H,8-10H2,1-2H3. The average molecular weight is 279 g/mol. The number of likely N-dealkylation sites (tertiary alicyclic amines) is 1. The predicted molar refractivity (Wildman–Crippen MR) is 74.0 cm³/mol. The van der Waals surface area contributed by atoms with Crippen LogP contribution >= 0.6 is 0 Å². The van der Waals surface area contributed by atoms with Crippen LogP contribution < -0.4 is 0 Å². The molecule has 20 heavy (non-hydrogen) atoms. The van der Waals surface area contributed by atoms with Crippen LogP contribution in [0.3, 0.4) is 0 Å². The third kappa shape index (κ3) is 3.17. The van der Waals surface area contributed by atoms with E-state index in [1.54, 1.807) is 11.8 Å². The fraction of sp³-hybridized carbons (Fsp3) is 0.533. The number of nitrogens with zero attached hydrogens (tertiary/aromatic N) is 1. The Kier molecular flexibility index (Phi) is 4.42. The summed E-state index contributed by atoms with van der Waals surface area (Å²) in [6.45, 7) is 2.35. The molecule has 2 N–H and O–H groups in total. The quantitative estimate of drug-likeness (QED) is 0.786. The van der Waals surface area contributed by atoms with Crippen LogP contribution in [-0.2, 0) is 15.1 Å². The largest absolute Gasteiger partial charge is 0.468 e. The van der Waals surface area contributed by atoms with E-state index in [1.807, 2.05) is 30.3 Å². The van der Waals surface area contributed by atoms with Crippen molar-refractivity contribution < 1.29 is 19.7 Å². The summed E-state index contributed by atoms with van der Waals surface area (Å²) < 4.78 is 4.76. The Morgan fingerprint density at radius 1 is 1.45 bits per heavy atom. The minimum absolute atomic E-state index is 0.272. The molecule has 0 radical (unpaired) electrons. The number of rotatable bonds is 4. The average Bonchev–Trinajstić information content (AvgIpc) is 2.79. The topological polar surface area (TPSA) is 70.0 Å². The normalized spacial score (nSPS) is 26.2. The van der Waals surface area contributed by atoms with E-state index in [9.17, 15) is 15.0 Å². The summed E-state index contributed by atoms with van der Waals surface area (Å²) in [5, 5.41) is 20.4. The first-order valence-electron chi connectivity index (χ1n) is 6.72. The monoisotopic (exact) mass is 279 g/mol. The van der Waals surface area contributed by atoms with Crippen molar-refractivity contribution >= 4 is 5.97 Å². The Morgan fingerprint density at radius 2 is 2.10 bits per heavy atom. The highest BCUT2D eigenvalue weighted by Crippen LogP contribution is 2.27. The van der Waals surface area contributed by atoms with Crippen LogP contribution in [0.2, 0.25) is 0 Å². The lowest BCUT2D eigenvalue weighted by Gasteiger charge is -2.31. The van der Waals surface area contributed by atoms with Crippen molar-refractivity contribution in [3.63, 3.8) is 0 Å². The molecule has 1 aliphatic heterocycles. The Labute approximate surface area is 118 Å². The van der Waals surface area contributed by atoms with Crippen molar-refractivity contribution in [3.05, 3.63) is 35.9 Å². The second-order valence-corrected chi connectivity index (χ2v) is 5.50. The number of benzene rings is 1. The first kappa shape index (κ1) is 15.0. The fourth-order valence-electron chi connectivity index (χ4n) is 2.72. The van der Waals surface area contributed by atoms with E-state index in [1.165, 1.54) is 7.11 Å². The number of methoxy groups -OCH3 is 1. The zero-order valence-corrected chi connectivity index (χ0v) is 11.8. The van der Waals surface area contributed by atoms with Crippen LogP contribution in [0, 0.1) is 0 Å². The molecule has 110 valence electrons. The van der Waals surface area contributed by atoms with Gasteiger partial charge >= 0.3 is 5.97 Å². The second-order valence-electron chi connectivity index (χ2n) is 5.50. The summed E-state index contributed by atoms with van der Waals surface area (Å²) in [6.07, 6.45) is -0.219. The summed E-state index contributed by atoms with van der Waals surface area (Å²) in [5.41, 5.74) is -0.303. The zero-order valence-electron chi connectivity index (χ0n) is 11.8. The van der Waals surface area contributed by atoms with Gasteiger partial charge in [-0.2, -0.15) is 0 Å². The molecule has 1 fully saturated rings. The van der Waals surface area contributed by atoms with Gasteiger partial charge in [0.2, 0.25) is 0 Å². The number of aliphatic hydroxyl groups is 2. The molecule has 0 amide bonds. The third-order valence-electron chi connectivity index (χ3n) is 3.76. The van der Waals surface area contributed by atoms with E-state index in [4.69, 9.17) is 4.74 Å². The van der Waals surface area contributed by atoms with Crippen LogP contribution in [-0.4, -0.2) is 53.4 Å². The van der Waals surface area contributed by atoms with E-state index in [0.717, 1.165) is 5.56 Å². The zero-order chi connectivity index (χ0) is 14.8. The lowest BCUT2D eigenvalue weighted by molar-refractivity contribution is -0.146. The molecule has 1 aliphatic rings. The van der Waals surface area contributed by atoms with E-state index < -0.39 is 17.7 Å². The van der Waals surface area contributed by atoms with Gasteiger partial charge in [0, 0.05) is 19.5 Å². The molecule has 0 aliphatic carbocycles. The summed E-state index contributed by atoms with van der Waals surface area (Å²) in [5.74, 6) is -0.370. The Balaban J connectivity index is 2.13. The maximum absolute atomic E-state index is 11.7. The Bertz CT molecular complexity index is 460. The molecule has 1 saturated heterocycles. The molecular weight excluding hydrogens is 258 g/mol. The van der Waals surface area contributed by atoms with E-state index in [2.05, 4.69) is 0 Å². The summed E-state index contributed by atoms with van der Waals surface area (Å²) in [7, 11) is 1.33. The number of ether oxygens (including phenoxy) is 1. The molecule has 3 atom stereocenters. The summed E-state index contributed by atoms with van der Waals surface area (Å²) in [6, 6.07) is 8.81. The van der Waals surface area contributed by atoms with Crippen molar-refractivity contribution in [2.24, 2.45) is 0 Å². The van der Waals surface area contributed by atoms with Gasteiger partial charge in [-0.05, 0) is 12.5 Å². The first-order chi connectivity index (χ1) is 9.44. The summed E-state index contributed by atoms with van der Waals surface area (Å²) in [4.78, 5) is 13.5. The minimum Gasteiger partial charge on any atom is -0.468 e. The Hall–Kier alpha value is -1.43. The number of aliphatic hydroxyl groups excluding tert-OH is 1. The van der Waals surface area contributed by atoms with Gasteiger partial charge in [-0.15, -0.1) is 0 Å². The molecule has 5 heteroatoms. The predicted octanol–water partition coefficient (Wildman–Crippen LogP) is 0.502. The molecule has 5 nitrogen and oxygen atoms in total. The van der Waals surface area contributed by atoms with Crippen molar-refractivity contribution in [1.82, 2.24) is 4.90 Å². The molecule has 0 saturated carbocycles. The minimum atomic E-state index is -1.09. The maximum atomic E-state index is 11.7. The number of carbonyl (C=O) groups is 1. The molecular formula is C15H21NO4. The molecule has 1 heterocycles. The number of hydrogen-bond acceptors (Lipinski definition) is 5. The van der Waals surface area contributed by atoms with Gasteiger partial charge in [0.25, 0.3) is 0 Å². The fourth-order valence-corrected chi connectivity index (χ4v) is 2.72. The second kappa shape index (κ2) is 5.91. The lowest BCUT2D eigenvalue weighted by atomic mass is 9.95. The Morgan fingerprint density at radius 3 is 2.70 bits per heavy atom. The molecule has 0 spiro atoms. The number of carbonyl (C=O) groups excluding carboxylic acids is 1. The molecule has 0 aromatic heterocycles. The van der Waals surface area contributed by atoms with Crippen LogP contribution in [0.1, 0.15) is 18.9 Å². The highest BCUT2D eigenvalue weighted by Gasteiger charge is 2.40. The number of esters is 1. The van der Waals surface area contributed by atoms with Gasteiger partial charge in [0.05, 0.1) is 18.8 Å². The van der Waals surface area contributed by atoms with Crippen LogP contribution in [0.4, 0.5) is 0 Å².